The predicted molar refractivity (Wildman–Crippen MR) is 54.6 cm³/mol. The monoisotopic (exact) mass is 175 g/mol. The first-order valence-electron chi connectivity index (χ1n) is 4.72. The summed E-state index contributed by atoms with van der Waals surface area (Å²) < 4.78 is 0. The summed E-state index contributed by atoms with van der Waals surface area (Å²) in [5.41, 5.74) is 0.826. The molecule has 1 heteroatoms. The van der Waals surface area contributed by atoms with Crippen molar-refractivity contribution in [1.29, 1.82) is 0 Å². The molecule has 0 aliphatic rings. The van der Waals surface area contributed by atoms with Gasteiger partial charge in [-0.3, -0.25) is 4.79 Å². The van der Waals surface area contributed by atoms with Crippen LogP contribution in [0.2, 0.25) is 0 Å². The second kappa shape index (κ2) is 5.52. The highest BCUT2D eigenvalue weighted by Gasteiger charge is 2.02. The highest BCUT2D eigenvalue weighted by Crippen LogP contribution is 2.07. The summed E-state index contributed by atoms with van der Waals surface area (Å²) in [6, 6.07) is 9.45. The van der Waals surface area contributed by atoms with Crippen molar-refractivity contribution in [2.75, 3.05) is 0 Å². The van der Waals surface area contributed by atoms with Gasteiger partial charge in [0.1, 0.15) is 0 Å². The van der Waals surface area contributed by atoms with Gasteiger partial charge in [0.25, 0.3) is 0 Å². The number of unbranched alkanes of at least 4 members (excludes halogenated alkanes) is 2. The molecule has 0 heterocycles. The minimum Gasteiger partial charge on any atom is -0.294 e. The maximum atomic E-state index is 11.5. The zero-order valence-corrected chi connectivity index (χ0v) is 7.83. The third kappa shape index (κ3) is 3.41. The molecule has 0 aromatic heterocycles. The third-order valence-electron chi connectivity index (χ3n) is 2.00. The van der Waals surface area contributed by atoms with E-state index in [9.17, 15) is 4.79 Å². The summed E-state index contributed by atoms with van der Waals surface area (Å²) in [4.78, 5) is 11.5. The van der Waals surface area contributed by atoms with Gasteiger partial charge in [0.15, 0.2) is 5.78 Å². The standard InChI is InChI=1S/C12H15O/c1-2-3-5-10-12(13)11-8-6-4-7-9-11/h4,6-9H,1-3,5,10H2. The lowest BCUT2D eigenvalue weighted by atomic mass is 10.1. The van der Waals surface area contributed by atoms with Crippen molar-refractivity contribution >= 4 is 5.78 Å². The highest BCUT2D eigenvalue weighted by atomic mass is 16.1. The van der Waals surface area contributed by atoms with E-state index in [2.05, 4.69) is 6.92 Å². The van der Waals surface area contributed by atoms with Crippen molar-refractivity contribution < 1.29 is 4.79 Å². The van der Waals surface area contributed by atoms with Crippen LogP contribution in [-0.2, 0) is 0 Å². The van der Waals surface area contributed by atoms with E-state index >= 15 is 0 Å². The fourth-order valence-electron chi connectivity index (χ4n) is 1.23. The fraction of sp³-hybridized carbons (Fsp3) is 0.333. The molecule has 0 aliphatic carbocycles. The van der Waals surface area contributed by atoms with Crippen LogP contribution in [0, 0.1) is 6.92 Å². The maximum absolute atomic E-state index is 11.5. The second-order valence-electron chi connectivity index (χ2n) is 3.10. The molecule has 0 bridgehead atoms. The van der Waals surface area contributed by atoms with E-state index in [0.29, 0.717) is 6.42 Å². The molecule has 69 valence electrons. The minimum atomic E-state index is 0.244. The molecule has 0 aliphatic heterocycles. The lowest BCUT2D eigenvalue weighted by Crippen LogP contribution is -1.97. The van der Waals surface area contributed by atoms with Crippen molar-refractivity contribution in [2.24, 2.45) is 0 Å². The van der Waals surface area contributed by atoms with Crippen molar-refractivity contribution in [3.63, 3.8) is 0 Å². The smallest absolute Gasteiger partial charge is 0.162 e. The van der Waals surface area contributed by atoms with Gasteiger partial charge in [-0.2, -0.15) is 0 Å². The van der Waals surface area contributed by atoms with Crippen molar-refractivity contribution in [3.8, 4) is 0 Å². The van der Waals surface area contributed by atoms with E-state index in [1.165, 1.54) is 0 Å². The van der Waals surface area contributed by atoms with Gasteiger partial charge in [0.2, 0.25) is 0 Å². The molecule has 0 fully saturated rings. The lowest BCUT2D eigenvalue weighted by molar-refractivity contribution is 0.0979. The van der Waals surface area contributed by atoms with Gasteiger partial charge in [-0.05, 0) is 6.42 Å². The molecule has 0 saturated heterocycles. The SMILES string of the molecule is [CH2]CCCCC(=O)c1ccccc1. The number of carbonyl (C=O) groups is 1. The molecule has 1 nitrogen and oxygen atoms in total. The Kier molecular flexibility index (Phi) is 4.24. The van der Waals surface area contributed by atoms with Crippen LogP contribution in [0.15, 0.2) is 30.3 Å². The number of hydrogen-bond donors (Lipinski definition) is 0. The summed E-state index contributed by atoms with van der Waals surface area (Å²) in [6.07, 6.45) is 3.57. The van der Waals surface area contributed by atoms with Crippen LogP contribution in [0.3, 0.4) is 0 Å². The van der Waals surface area contributed by atoms with Gasteiger partial charge in [-0.15, -0.1) is 0 Å². The first-order valence-corrected chi connectivity index (χ1v) is 4.72. The van der Waals surface area contributed by atoms with E-state index < -0.39 is 0 Å². The lowest BCUT2D eigenvalue weighted by Gasteiger charge is -1.99. The average Bonchev–Trinajstić information content (AvgIpc) is 2.19. The van der Waals surface area contributed by atoms with E-state index in [-0.39, 0.29) is 5.78 Å². The van der Waals surface area contributed by atoms with Gasteiger partial charge in [0, 0.05) is 12.0 Å². The van der Waals surface area contributed by atoms with Crippen molar-refractivity contribution in [2.45, 2.75) is 25.7 Å². The number of carbonyl (C=O) groups excluding carboxylic acids is 1. The van der Waals surface area contributed by atoms with Crippen LogP contribution in [0.4, 0.5) is 0 Å². The molecule has 1 rings (SSSR count). The van der Waals surface area contributed by atoms with Crippen molar-refractivity contribution in [3.05, 3.63) is 42.8 Å². The summed E-state index contributed by atoms with van der Waals surface area (Å²) >= 11 is 0. The Morgan fingerprint density at radius 3 is 2.46 bits per heavy atom. The van der Waals surface area contributed by atoms with Crippen molar-refractivity contribution in [1.82, 2.24) is 0 Å². The number of rotatable bonds is 5. The summed E-state index contributed by atoms with van der Waals surface area (Å²) in [5.74, 6) is 0.244. The van der Waals surface area contributed by atoms with Crippen LogP contribution in [-0.4, -0.2) is 5.78 Å². The average molecular weight is 175 g/mol. The molecule has 0 saturated carbocycles. The van der Waals surface area contributed by atoms with Crippen LogP contribution >= 0.6 is 0 Å². The van der Waals surface area contributed by atoms with Crippen LogP contribution in [0.25, 0.3) is 0 Å². The molecule has 1 aromatic rings. The second-order valence-corrected chi connectivity index (χ2v) is 3.10. The molecule has 0 spiro atoms. The number of benzene rings is 1. The molecule has 0 amide bonds. The van der Waals surface area contributed by atoms with Crippen LogP contribution < -0.4 is 0 Å². The largest absolute Gasteiger partial charge is 0.294 e. The van der Waals surface area contributed by atoms with E-state index in [1.54, 1.807) is 0 Å². The summed E-state index contributed by atoms with van der Waals surface area (Å²) in [6.45, 7) is 3.74. The Labute approximate surface area is 79.8 Å². The molecular formula is C12H15O. The molecule has 0 N–H and O–H groups in total. The maximum Gasteiger partial charge on any atom is 0.162 e. The Bertz CT molecular complexity index is 251. The first kappa shape index (κ1) is 9.97. The Morgan fingerprint density at radius 2 is 1.85 bits per heavy atom. The number of Topliss-reactive ketones (excluding diaryl/α,β-unsaturated/α-hetero) is 1. The van der Waals surface area contributed by atoms with Gasteiger partial charge in [0.05, 0.1) is 0 Å². The Morgan fingerprint density at radius 1 is 1.15 bits per heavy atom. The Hall–Kier alpha value is -1.11. The predicted octanol–water partition coefficient (Wildman–Crippen LogP) is 3.26. The molecule has 0 atom stereocenters. The number of ketones is 1. The summed E-state index contributed by atoms with van der Waals surface area (Å²) in [5, 5.41) is 0. The molecule has 1 aromatic carbocycles. The minimum absolute atomic E-state index is 0.244. The highest BCUT2D eigenvalue weighted by molar-refractivity contribution is 5.95. The zero-order chi connectivity index (χ0) is 9.52. The van der Waals surface area contributed by atoms with Crippen LogP contribution in [0.5, 0.6) is 0 Å². The molecule has 0 unspecified atom stereocenters. The fourth-order valence-corrected chi connectivity index (χ4v) is 1.23. The van der Waals surface area contributed by atoms with E-state index in [1.807, 2.05) is 30.3 Å². The summed E-state index contributed by atoms with van der Waals surface area (Å²) in [7, 11) is 0. The normalized spacial score (nSPS) is 9.92. The molecular weight excluding hydrogens is 160 g/mol. The van der Waals surface area contributed by atoms with Gasteiger partial charge in [-0.1, -0.05) is 50.1 Å². The van der Waals surface area contributed by atoms with E-state index in [0.717, 1.165) is 24.8 Å². The van der Waals surface area contributed by atoms with Gasteiger partial charge in [-0.25, -0.2) is 0 Å². The quantitative estimate of drug-likeness (QED) is 0.496. The molecule has 13 heavy (non-hydrogen) atoms. The zero-order valence-electron chi connectivity index (χ0n) is 7.83. The number of hydrogen-bond acceptors (Lipinski definition) is 1. The Balaban J connectivity index is 2.40. The van der Waals surface area contributed by atoms with E-state index in [4.69, 9.17) is 0 Å². The molecule has 1 radical (unpaired) electrons. The van der Waals surface area contributed by atoms with Crippen LogP contribution in [0.1, 0.15) is 36.0 Å². The topological polar surface area (TPSA) is 17.1 Å². The first-order chi connectivity index (χ1) is 6.34. The van der Waals surface area contributed by atoms with Gasteiger partial charge >= 0.3 is 0 Å². The third-order valence-corrected chi connectivity index (χ3v) is 2.00. The van der Waals surface area contributed by atoms with Gasteiger partial charge < -0.3 is 0 Å².